The van der Waals surface area contributed by atoms with E-state index < -0.39 is 11.4 Å². The zero-order valence-corrected chi connectivity index (χ0v) is 9.04. The molecule has 4 heteroatoms. The van der Waals surface area contributed by atoms with Gasteiger partial charge in [-0.1, -0.05) is 32.0 Å². The molecule has 1 atom stereocenters. The lowest BCUT2D eigenvalue weighted by Gasteiger charge is -2.12. The molecular formula is C10H13O3S-. The fourth-order valence-electron chi connectivity index (χ4n) is 1.27. The van der Waals surface area contributed by atoms with E-state index in [1.165, 1.54) is 0 Å². The van der Waals surface area contributed by atoms with Gasteiger partial charge in [-0.05, 0) is 24.0 Å². The van der Waals surface area contributed by atoms with Crippen molar-refractivity contribution in [2.75, 3.05) is 0 Å². The summed E-state index contributed by atoms with van der Waals surface area (Å²) in [5.41, 5.74) is 0.923. The molecule has 0 N–H and O–H groups in total. The Kier molecular flexibility index (Phi) is 4.10. The van der Waals surface area contributed by atoms with Crippen LogP contribution in [0.3, 0.4) is 0 Å². The molecule has 0 bridgehead atoms. The molecule has 14 heavy (non-hydrogen) atoms. The van der Waals surface area contributed by atoms with Crippen molar-refractivity contribution in [3.05, 3.63) is 29.8 Å². The summed E-state index contributed by atoms with van der Waals surface area (Å²) in [7, 11) is 0. The molecule has 3 nitrogen and oxygen atoms in total. The summed E-state index contributed by atoms with van der Waals surface area (Å²) in [6.07, 6.45) is 0.813. The predicted octanol–water partition coefficient (Wildman–Crippen LogP) is 2.06. The average Bonchev–Trinajstić information content (AvgIpc) is 2.06. The van der Waals surface area contributed by atoms with Crippen LogP contribution < -0.4 is 4.18 Å². The summed E-state index contributed by atoms with van der Waals surface area (Å²) >= 11 is -2.49. The van der Waals surface area contributed by atoms with Crippen molar-refractivity contribution in [2.45, 2.75) is 20.3 Å². The first-order chi connectivity index (χ1) is 6.59. The maximum Gasteiger partial charge on any atom is 0.142 e. The monoisotopic (exact) mass is 213 g/mol. The lowest BCUT2D eigenvalue weighted by molar-refractivity contribution is 0.436. The van der Waals surface area contributed by atoms with Crippen molar-refractivity contribution < 1.29 is 12.9 Å². The molecule has 1 aromatic carbocycles. The van der Waals surface area contributed by atoms with Crippen LogP contribution in [-0.4, -0.2) is 8.76 Å². The second-order valence-corrected chi connectivity index (χ2v) is 4.07. The highest BCUT2D eigenvalue weighted by Gasteiger charge is 2.05. The fourth-order valence-corrected chi connectivity index (χ4v) is 1.58. The Balaban J connectivity index is 2.85. The topological polar surface area (TPSA) is 49.4 Å². The van der Waals surface area contributed by atoms with Gasteiger partial charge in [0.2, 0.25) is 0 Å². The Bertz CT molecular complexity index is 323. The molecule has 0 radical (unpaired) electrons. The third-order valence-electron chi connectivity index (χ3n) is 1.76. The van der Waals surface area contributed by atoms with Crippen LogP contribution >= 0.6 is 0 Å². The third kappa shape index (κ3) is 3.47. The van der Waals surface area contributed by atoms with E-state index in [1.54, 1.807) is 12.1 Å². The Morgan fingerprint density at radius 1 is 1.43 bits per heavy atom. The van der Waals surface area contributed by atoms with E-state index in [4.69, 9.17) is 0 Å². The molecule has 0 spiro atoms. The van der Waals surface area contributed by atoms with Gasteiger partial charge in [-0.15, -0.1) is 0 Å². The standard InChI is InChI=1S/C10H14O3S/c1-8(2)7-9-5-3-4-6-10(9)13-14(11)12/h3-6,8H,7H2,1-2H3,(H,11,12)/p-1. The second-order valence-electron chi connectivity index (χ2n) is 3.49. The predicted molar refractivity (Wildman–Crippen MR) is 54.5 cm³/mol. The van der Waals surface area contributed by atoms with Gasteiger partial charge in [-0.3, -0.25) is 0 Å². The number of rotatable bonds is 4. The summed E-state index contributed by atoms with van der Waals surface area (Å²) in [5, 5.41) is 0. The van der Waals surface area contributed by atoms with Gasteiger partial charge < -0.3 is 8.74 Å². The second kappa shape index (κ2) is 5.12. The van der Waals surface area contributed by atoms with Crippen molar-refractivity contribution in [3.63, 3.8) is 0 Å². The van der Waals surface area contributed by atoms with E-state index in [0.29, 0.717) is 11.7 Å². The molecule has 1 unspecified atom stereocenters. The van der Waals surface area contributed by atoms with Crippen molar-refractivity contribution in [1.29, 1.82) is 0 Å². The van der Waals surface area contributed by atoms with Gasteiger partial charge >= 0.3 is 0 Å². The summed E-state index contributed by atoms with van der Waals surface area (Å²) in [5.74, 6) is 0.898. The van der Waals surface area contributed by atoms with Gasteiger partial charge in [0.15, 0.2) is 0 Å². The number of hydrogen-bond acceptors (Lipinski definition) is 3. The van der Waals surface area contributed by atoms with E-state index >= 15 is 0 Å². The van der Waals surface area contributed by atoms with Gasteiger partial charge in [0.05, 0.1) is 0 Å². The normalized spacial score (nSPS) is 12.9. The van der Waals surface area contributed by atoms with E-state index in [0.717, 1.165) is 12.0 Å². The van der Waals surface area contributed by atoms with E-state index in [-0.39, 0.29) is 0 Å². The average molecular weight is 213 g/mol. The van der Waals surface area contributed by atoms with Crippen LogP contribution in [0.1, 0.15) is 19.4 Å². The van der Waals surface area contributed by atoms with Gasteiger partial charge in [0.1, 0.15) is 17.1 Å². The van der Waals surface area contributed by atoms with Gasteiger partial charge in [0.25, 0.3) is 0 Å². The Morgan fingerprint density at radius 2 is 2.07 bits per heavy atom. The molecule has 0 saturated heterocycles. The number of benzene rings is 1. The summed E-state index contributed by atoms with van der Waals surface area (Å²) in [6.45, 7) is 4.15. The lowest BCUT2D eigenvalue weighted by Crippen LogP contribution is -2.02. The van der Waals surface area contributed by atoms with E-state index in [9.17, 15) is 8.76 Å². The van der Waals surface area contributed by atoms with Gasteiger partial charge in [-0.2, -0.15) is 0 Å². The van der Waals surface area contributed by atoms with Crippen LogP contribution in [0.2, 0.25) is 0 Å². The van der Waals surface area contributed by atoms with Crippen molar-refractivity contribution in [2.24, 2.45) is 5.92 Å². The molecule has 0 aliphatic carbocycles. The minimum atomic E-state index is -2.49. The molecule has 0 heterocycles. The Hall–Kier alpha value is -0.870. The first-order valence-corrected chi connectivity index (χ1v) is 5.45. The Labute approximate surface area is 86.6 Å². The van der Waals surface area contributed by atoms with Crippen LogP contribution in [0.4, 0.5) is 0 Å². The molecule has 0 aliphatic rings. The first-order valence-electron chi connectivity index (χ1n) is 4.45. The van der Waals surface area contributed by atoms with Crippen LogP contribution in [0.5, 0.6) is 5.75 Å². The molecule has 0 amide bonds. The largest absolute Gasteiger partial charge is 0.740 e. The van der Waals surface area contributed by atoms with Crippen molar-refractivity contribution >= 4 is 11.4 Å². The lowest BCUT2D eigenvalue weighted by atomic mass is 10.0. The maximum absolute atomic E-state index is 10.4. The SMILES string of the molecule is CC(C)Cc1ccccc1OS(=O)[O-]. The van der Waals surface area contributed by atoms with Crippen LogP contribution in [0, 0.1) is 5.92 Å². The van der Waals surface area contributed by atoms with Crippen LogP contribution in [0.15, 0.2) is 24.3 Å². The molecule has 1 rings (SSSR count). The van der Waals surface area contributed by atoms with Crippen LogP contribution in [0.25, 0.3) is 0 Å². The molecular weight excluding hydrogens is 200 g/mol. The van der Waals surface area contributed by atoms with Gasteiger partial charge in [-0.25, -0.2) is 4.21 Å². The first kappa shape index (κ1) is 11.2. The summed E-state index contributed by atoms with van der Waals surface area (Å²) in [6, 6.07) is 7.17. The molecule has 0 fully saturated rings. The molecule has 0 aliphatic heterocycles. The summed E-state index contributed by atoms with van der Waals surface area (Å²) < 4.78 is 25.4. The maximum atomic E-state index is 10.4. The zero-order valence-electron chi connectivity index (χ0n) is 8.23. The zero-order chi connectivity index (χ0) is 10.6. The molecule has 78 valence electrons. The molecule has 0 aromatic heterocycles. The Morgan fingerprint density at radius 3 is 2.64 bits per heavy atom. The minimum absolute atomic E-state index is 0.425. The highest BCUT2D eigenvalue weighted by Crippen LogP contribution is 2.21. The number of para-hydroxylation sites is 1. The quantitative estimate of drug-likeness (QED) is 0.719. The fraction of sp³-hybridized carbons (Fsp3) is 0.400. The smallest absolute Gasteiger partial charge is 0.142 e. The van der Waals surface area contributed by atoms with Crippen molar-refractivity contribution in [1.82, 2.24) is 0 Å². The highest BCUT2D eigenvalue weighted by atomic mass is 32.2. The highest BCUT2D eigenvalue weighted by molar-refractivity contribution is 7.74. The minimum Gasteiger partial charge on any atom is -0.740 e. The van der Waals surface area contributed by atoms with Gasteiger partial charge in [0, 0.05) is 0 Å². The molecule has 0 saturated carbocycles. The van der Waals surface area contributed by atoms with E-state index in [1.807, 2.05) is 12.1 Å². The van der Waals surface area contributed by atoms with E-state index in [2.05, 4.69) is 18.0 Å². The molecule has 1 aromatic rings. The number of hydrogen-bond donors (Lipinski definition) is 0. The summed E-state index contributed by atoms with van der Waals surface area (Å²) in [4.78, 5) is 0. The third-order valence-corrected chi connectivity index (χ3v) is 2.07. The van der Waals surface area contributed by atoms with Crippen molar-refractivity contribution in [3.8, 4) is 5.75 Å². The van der Waals surface area contributed by atoms with Crippen LogP contribution in [-0.2, 0) is 17.8 Å².